The first-order valence-electron chi connectivity index (χ1n) is 29.6. The number of carboxylic acid groups (broad SMARTS) is 1. The molecular weight excluding hydrogens is 949 g/mol. The van der Waals surface area contributed by atoms with Crippen molar-refractivity contribution >= 4 is 23.9 Å². The van der Waals surface area contributed by atoms with Crippen LogP contribution in [0.3, 0.4) is 0 Å². The van der Waals surface area contributed by atoms with Crippen LogP contribution in [-0.4, -0.2) is 89.2 Å². The molecule has 0 saturated carbocycles. The molecule has 6 atom stereocenters. The first-order chi connectivity index (χ1) is 36.6. The van der Waals surface area contributed by atoms with E-state index in [1.165, 1.54) is 70.6 Å². The normalized spacial score (nSPS) is 18.8. The largest absolute Gasteiger partial charge is 0.479 e. The Balaban J connectivity index is 2.66. The molecule has 6 unspecified atom stereocenters. The fourth-order valence-corrected chi connectivity index (χ4v) is 8.42. The van der Waals surface area contributed by atoms with E-state index in [9.17, 15) is 34.5 Å². The van der Waals surface area contributed by atoms with Gasteiger partial charge in [0.1, 0.15) is 18.8 Å². The molecule has 0 amide bonds. The van der Waals surface area contributed by atoms with Crippen LogP contribution in [0.4, 0.5) is 0 Å². The van der Waals surface area contributed by atoms with Crippen molar-refractivity contribution in [2.24, 2.45) is 0 Å². The topological polar surface area (TPSA) is 175 Å². The summed E-state index contributed by atoms with van der Waals surface area (Å²) in [4.78, 5) is 51.0. The maximum absolute atomic E-state index is 13.1. The average Bonchev–Trinajstić information content (AvgIpc) is 3.39. The van der Waals surface area contributed by atoms with Crippen molar-refractivity contribution in [3.05, 3.63) is 85.1 Å². The van der Waals surface area contributed by atoms with Crippen molar-refractivity contribution in [1.29, 1.82) is 0 Å². The Labute approximate surface area is 454 Å². The number of rotatable bonds is 49. The predicted octanol–water partition coefficient (Wildman–Crippen LogP) is 15.1. The molecular formula is C63H104O12. The molecule has 0 bridgehead atoms. The Morgan fingerprint density at radius 2 is 0.840 bits per heavy atom. The molecule has 0 aromatic carbocycles. The van der Waals surface area contributed by atoms with Gasteiger partial charge in [0.15, 0.2) is 24.6 Å². The van der Waals surface area contributed by atoms with Gasteiger partial charge in [-0.05, 0) is 96.3 Å². The SMILES string of the molecule is CC/C=C\C/C=C\C/C=C\C/C=C\C/C=C\CCCCCC(=O)OC1C(OCC(COC(=O)CCCCCCCCC/C=C\C/C=C\CCCCC)OC(=O)CCCCCCCCCCC)OC(C(=O)O)C(O)C1O. The zero-order valence-corrected chi connectivity index (χ0v) is 47.0. The Morgan fingerprint density at radius 1 is 0.453 bits per heavy atom. The van der Waals surface area contributed by atoms with Crippen molar-refractivity contribution in [2.45, 2.75) is 276 Å². The van der Waals surface area contributed by atoms with Crippen molar-refractivity contribution in [1.82, 2.24) is 0 Å². The van der Waals surface area contributed by atoms with E-state index in [1.807, 2.05) is 0 Å². The highest BCUT2D eigenvalue weighted by atomic mass is 16.7. The van der Waals surface area contributed by atoms with Gasteiger partial charge in [-0.2, -0.15) is 0 Å². The molecule has 1 aliphatic rings. The van der Waals surface area contributed by atoms with Gasteiger partial charge in [0.2, 0.25) is 0 Å². The third kappa shape index (κ3) is 40.8. The maximum atomic E-state index is 13.1. The molecule has 1 saturated heterocycles. The van der Waals surface area contributed by atoms with Crippen LogP contribution < -0.4 is 0 Å². The van der Waals surface area contributed by atoms with E-state index in [1.54, 1.807) is 0 Å². The summed E-state index contributed by atoms with van der Waals surface area (Å²) in [5, 5.41) is 31.4. The number of carbonyl (C=O) groups excluding carboxylic acids is 3. The molecule has 428 valence electrons. The number of hydrogen-bond donors (Lipinski definition) is 3. The minimum Gasteiger partial charge on any atom is -0.479 e. The molecule has 0 aromatic rings. The van der Waals surface area contributed by atoms with Crippen LogP contribution in [0.25, 0.3) is 0 Å². The fraction of sp³-hybridized carbons (Fsp3) is 0.714. The van der Waals surface area contributed by atoms with E-state index in [4.69, 9.17) is 23.7 Å². The lowest BCUT2D eigenvalue weighted by Crippen LogP contribution is -2.61. The van der Waals surface area contributed by atoms with Crippen LogP contribution in [0.5, 0.6) is 0 Å². The van der Waals surface area contributed by atoms with E-state index >= 15 is 0 Å². The molecule has 1 heterocycles. The molecule has 0 spiro atoms. The predicted molar refractivity (Wildman–Crippen MR) is 303 cm³/mol. The molecule has 12 nitrogen and oxygen atoms in total. The smallest absolute Gasteiger partial charge is 0.335 e. The van der Waals surface area contributed by atoms with E-state index < -0.39 is 67.3 Å². The van der Waals surface area contributed by atoms with Crippen LogP contribution in [-0.2, 0) is 42.9 Å². The Kier molecular flexibility index (Phi) is 46.6. The van der Waals surface area contributed by atoms with Gasteiger partial charge >= 0.3 is 23.9 Å². The summed E-state index contributed by atoms with van der Waals surface area (Å²) in [5.74, 6) is -3.17. The van der Waals surface area contributed by atoms with Gasteiger partial charge in [0.25, 0.3) is 0 Å². The number of allylic oxidation sites excluding steroid dienone is 14. The molecule has 1 aliphatic heterocycles. The van der Waals surface area contributed by atoms with Gasteiger partial charge in [-0.3, -0.25) is 14.4 Å². The summed E-state index contributed by atoms with van der Waals surface area (Å²) in [6, 6.07) is 0. The van der Waals surface area contributed by atoms with Crippen molar-refractivity contribution in [3.63, 3.8) is 0 Å². The van der Waals surface area contributed by atoms with Crippen LogP contribution in [0.1, 0.15) is 239 Å². The Bertz CT molecular complexity index is 1630. The molecule has 75 heavy (non-hydrogen) atoms. The van der Waals surface area contributed by atoms with E-state index in [2.05, 4.69) is 106 Å². The molecule has 1 fully saturated rings. The van der Waals surface area contributed by atoms with Gasteiger partial charge < -0.3 is 39.0 Å². The number of carboxylic acids is 1. The highest BCUT2D eigenvalue weighted by Gasteiger charge is 2.50. The van der Waals surface area contributed by atoms with E-state index in [-0.39, 0.29) is 25.9 Å². The zero-order valence-electron chi connectivity index (χ0n) is 47.0. The summed E-state index contributed by atoms with van der Waals surface area (Å²) in [6.07, 6.45) is 52.7. The summed E-state index contributed by atoms with van der Waals surface area (Å²) in [5.41, 5.74) is 0. The molecule has 1 rings (SSSR count). The van der Waals surface area contributed by atoms with Gasteiger partial charge in [0.05, 0.1) is 6.61 Å². The van der Waals surface area contributed by atoms with E-state index in [0.717, 1.165) is 109 Å². The number of aliphatic hydroxyl groups excluding tert-OH is 2. The first kappa shape index (κ1) is 68.9. The van der Waals surface area contributed by atoms with Crippen molar-refractivity contribution in [3.8, 4) is 0 Å². The molecule has 3 N–H and O–H groups in total. The fourth-order valence-electron chi connectivity index (χ4n) is 8.42. The minimum absolute atomic E-state index is 0.0185. The van der Waals surface area contributed by atoms with E-state index in [0.29, 0.717) is 19.3 Å². The summed E-state index contributed by atoms with van der Waals surface area (Å²) >= 11 is 0. The van der Waals surface area contributed by atoms with Crippen LogP contribution in [0, 0.1) is 0 Å². The van der Waals surface area contributed by atoms with Gasteiger partial charge in [-0.25, -0.2) is 4.79 Å². The monoisotopic (exact) mass is 1050 g/mol. The standard InChI is InChI=1S/C63H104O12/c1-4-7-10-13-16-19-21-23-25-27-28-30-32-34-36-39-42-45-48-51-57(66)74-61-59(68)58(67)60(62(69)70)75-63(61)72-53-54(73-56(65)50-47-44-41-37-18-15-12-9-6-3)52-71-55(64)49-46-43-40-38-35-33-31-29-26-24-22-20-17-14-11-8-5-2/h7,10,16-17,19-20,23-26,28,30,34,36,54,58-61,63,67-68H,4-6,8-9,11-15,18,21-22,27,29,31-33,35,37-53H2,1-3H3,(H,69,70)/b10-7-,19-16-,20-17-,25-23-,26-24-,30-28-,36-34-. The summed E-state index contributed by atoms with van der Waals surface area (Å²) < 4.78 is 28.3. The number of ether oxygens (including phenoxy) is 5. The second-order valence-corrected chi connectivity index (χ2v) is 19.9. The lowest BCUT2D eigenvalue weighted by molar-refractivity contribution is -0.301. The quantitative estimate of drug-likeness (QED) is 0.0228. The number of aliphatic hydroxyl groups is 2. The lowest BCUT2D eigenvalue weighted by Gasteiger charge is -2.40. The lowest BCUT2D eigenvalue weighted by atomic mass is 9.98. The number of esters is 3. The Hall–Kier alpha value is -4.10. The van der Waals surface area contributed by atoms with Crippen LogP contribution in [0.2, 0.25) is 0 Å². The first-order valence-corrected chi connectivity index (χ1v) is 29.6. The maximum Gasteiger partial charge on any atom is 0.335 e. The van der Waals surface area contributed by atoms with Crippen molar-refractivity contribution in [2.75, 3.05) is 13.2 Å². The highest BCUT2D eigenvalue weighted by Crippen LogP contribution is 2.26. The number of carbonyl (C=O) groups is 4. The van der Waals surface area contributed by atoms with Gasteiger partial charge in [-0.15, -0.1) is 0 Å². The second-order valence-electron chi connectivity index (χ2n) is 19.9. The third-order valence-electron chi connectivity index (χ3n) is 13.0. The minimum atomic E-state index is -1.92. The molecule has 0 aliphatic carbocycles. The third-order valence-corrected chi connectivity index (χ3v) is 13.0. The molecule has 0 radical (unpaired) electrons. The molecule has 0 aromatic heterocycles. The number of aliphatic carboxylic acids is 1. The van der Waals surface area contributed by atoms with Crippen molar-refractivity contribution < 1.29 is 58.2 Å². The molecule has 12 heteroatoms. The Morgan fingerprint density at radius 3 is 1.32 bits per heavy atom. The number of unbranched alkanes of at least 4 members (excludes halogenated alkanes) is 21. The van der Waals surface area contributed by atoms with Crippen LogP contribution >= 0.6 is 0 Å². The zero-order chi connectivity index (χ0) is 54.7. The number of hydrogen-bond acceptors (Lipinski definition) is 11. The van der Waals surface area contributed by atoms with Crippen LogP contribution in [0.15, 0.2) is 85.1 Å². The summed E-state index contributed by atoms with van der Waals surface area (Å²) in [6.45, 7) is 5.81. The highest BCUT2D eigenvalue weighted by molar-refractivity contribution is 5.74. The van der Waals surface area contributed by atoms with Gasteiger partial charge in [0, 0.05) is 19.3 Å². The summed E-state index contributed by atoms with van der Waals surface area (Å²) in [7, 11) is 0. The van der Waals surface area contributed by atoms with Gasteiger partial charge in [-0.1, -0.05) is 209 Å². The second kappa shape index (κ2) is 50.7. The average molecular weight is 1050 g/mol.